The molecule has 5 heteroatoms. The Morgan fingerprint density at radius 3 is 2.90 bits per heavy atom. The van der Waals surface area contributed by atoms with E-state index < -0.39 is 0 Å². The molecule has 0 saturated heterocycles. The smallest absolute Gasteiger partial charge is 0.229 e. The molecule has 5 nitrogen and oxygen atoms in total. The quantitative estimate of drug-likeness (QED) is 0.809. The van der Waals surface area contributed by atoms with Crippen LogP contribution in [0.1, 0.15) is 31.4 Å². The standard InChI is InChI=1S/C16H17N3O2/c17-9-10-19(12-5-1-2-6-12)16(20)11-14-13-7-3-4-8-15(13)21-18-14/h3-4,7-8,12H,1-2,5-6,10-11H2. The van der Waals surface area contributed by atoms with Crippen molar-refractivity contribution in [2.75, 3.05) is 6.54 Å². The Balaban J connectivity index is 1.79. The molecule has 0 spiro atoms. The van der Waals surface area contributed by atoms with Crippen molar-refractivity contribution < 1.29 is 9.32 Å². The zero-order valence-electron chi connectivity index (χ0n) is 11.8. The summed E-state index contributed by atoms with van der Waals surface area (Å²) in [6.45, 7) is 0.152. The van der Waals surface area contributed by atoms with E-state index in [0.29, 0.717) is 11.3 Å². The number of carbonyl (C=O) groups is 1. The summed E-state index contributed by atoms with van der Waals surface area (Å²) in [5, 5.41) is 13.8. The first-order valence-corrected chi connectivity index (χ1v) is 7.29. The van der Waals surface area contributed by atoms with Gasteiger partial charge in [0.15, 0.2) is 5.58 Å². The maximum absolute atomic E-state index is 12.5. The van der Waals surface area contributed by atoms with Gasteiger partial charge in [-0.3, -0.25) is 4.79 Å². The largest absolute Gasteiger partial charge is 0.356 e. The second kappa shape index (κ2) is 5.96. The molecule has 1 saturated carbocycles. The molecule has 1 aromatic carbocycles. The van der Waals surface area contributed by atoms with Crippen molar-refractivity contribution >= 4 is 16.9 Å². The van der Waals surface area contributed by atoms with E-state index in [-0.39, 0.29) is 24.9 Å². The molecule has 2 aromatic rings. The van der Waals surface area contributed by atoms with Crippen LogP contribution in [0.15, 0.2) is 28.8 Å². The lowest BCUT2D eigenvalue weighted by Gasteiger charge is -2.26. The van der Waals surface area contributed by atoms with E-state index in [1.165, 1.54) is 0 Å². The molecule has 0 atom stereocenters. The van der Waals surface area contributed by atoms with Crippen molar-refractivity contribution in [3.63, 3.8) is 0 Å². The lowest BCUT2D eigenvalue weighted by Crippen LogP contribution is -2.40. The van der Waals surface area contributed by atoms with Gasteiger partial charge >= 0.3 is 0 Å². The highest BCUT2D eigenvalue weighted by Gasteiger charge is 2.27. The summed E-state index contributed by atoms with van der Waals surface area (Å²) in [5.41, 5.74) is 1.34. The Bertz CT molecular complexity index is 680. The number of nitrogens with zero attached hydrogens (tertiary/aromatic N) is 3. The van der Waals surface area contributed by atoms with Crippen molar-refractivity contribution in [3.05, 3.63) is 30.0 Å². The molecule has 0 unspecified atom stereocenters. The van der Waals surface area contributed by atoms with Crippen molar-refractivity contribution in [2.45, 2.75) is 38.1 Å². The summed E-state index contributed by atoms with van der Waals surface area (Å²) < 4.78 is 5.23. The molecule has 1 aliphatic carbocycles. The van der Waals surface area contributed by atoms with Gasteiger partial charge in [-0.2, -0.15) is 5.26 Å². The van der Waals surface area contributed by atoms with Crippen LogP contribution < -0.4 is 0 Å². The van der Waals surface area contributed by atoms with Gasteiger partial charge in [0.05, 0.1) is 12.5 Å². The molecular weight excluding hydrogens is 266 g/mol. The third-order valence-electron chi connectivity index (χ3n) is 4.10. The number of hydrogen-bond donors (Lipinski definition) is 0. The molecule has 1 amide bonds. The van der Waals surface area contributed by atoms with Gasteiger partial charge in [-0.15, -0.1) is 0 Å². The number of para-hydroxylation sites is 1. The van der Waals surface area contributed by atoms with E-state index >= 15 is 0 Å². The monoisotopic (exact) mass is 283 g/mol. The van der Waals surface area contributed by atoms with Gasteiger partial charge in [-0.1, -0.05) is 30.1 Å². The zero-order valence-corrected chi connectivity index (χ0v) is 11.8. The molecule has 3 rings (SSSR count). The van der Waals surface area contributed by atoms with E-state index in [4.69, 9.17) is 9.78 Å². The van der Waals surface area contributed by atoms with E-state index in [9.17, 15) is 4.79 Å². The first-order chi connectivity index (χ1) is 10.3. The van der Waals surface area contributed by atoms with E-state index in [1.54, 1.807) is 4.90 Å². The summed E-state index contributed by atoms with van der Waals surface area (Å²) in [7, 11) is 0. The summed E-state index contributed by atoms with van der Waals surface area (Å²) in [4.78, 5) is 14.2. The van der Waals surface area contributed by atoms with E-state index in [1.807, 2.05) is 24.3 Å². The Morgan fingerprint density at radius 2 is 2.14 bits per heavy atom. The fraction of sp³-hybridized carbons (Fsp3) is 0.438. The minimum Gasteiger partial charge on any atom is -0.356 e. The maximum Gasteiger partial charge on any atom is 0.229 e. The van der Waals surface area contributed by atoms with Crippen LogP contribution in [0.5, 0.6) is 0 Å². The molecule has 1 heterocycles. The van der Waals surface area contributed by atoms with Crippen molar-refractivity contribution in [1.82, 2.24) is 10.1 Å². The third kappa shape index (κ3) is 2.75. The number of amides is 1. The second-order valence-electron chi connectivity index (χ2n) is 5.42. The van der Waals surface area contributed by atoms with Gasteiger partial charge in [0.1, 0.15) is 12.2 Å². The van der Waals surface area contributed by atoms with Crippen LogP contribution in [0.2, 0.25) is 0 Å². The van der Waals surface area contributed by atoms with Crippen molar-refractivity contribution in [2.24, 2.45) is 0 Å². The molecule has 1 aromatic heterocycles. The Hall–Kier alpha value is -2.35. The minimum absolute atomic E-state index is 0.0393. The van der Waals surface area contributed by atoms with Crippen LogP contribution in [0.4, 0.5) is 0 Å². The average Bonchev–Trinajstić information content (AvgIpc) is 3.15. The van der Waals surface area contributed by atoms with Crippen LogP contribution in [0.3, 0.4) is 0 Å². The predicted molar refractivity (Wildman–Crippen MR) is 77.3 cm³/mol. The van der Waals surface area contributed by atoms with Gasteiger partial charge in [0, 0.05) is 11.4 Å². The third-order valence-corrected chi connectivity index (χ3v) is 4.10. The highest BCUT2D eigenvalue weighted by molar-refractivity contribution is 5.86. The summed E-state index contributed by atoms with van der Waals surface area (Å²) in [6, 6.07) is 9.82. The summed E-state index contributed by atoms with van der Waals surface area (Å²) in [6.07, 6.45) is 4.44. The molecule has 0 N–H and O–H groups in total. The Morgan fingerprint density at radius 1 is 1.38 bits per heavy atom. The molecule has 0 radical (unpaired) electrons. The van der Waals surface area contributed by atoms with Gasteiger partial charge in [0.25, 0.3) is 0 Å². The van der Waals surface area contributed by atoms with Crippen LogP contribution in [0, 0.1) is 11.3 Å². The summed E-state index contributed by atoms with van der Waals surface area (Å²) in [5.74, 6) is -0.0393. The molecule has 21 heavy (non-hydrogen) atoms. The van der Waals surface area contributed by atoms with Gasteiger partial charge in [-0.25, -0.2) is 0 Å². The van der Waals surface area contributed by atoms with Crippen LogP contribution in [0.25, 0.3) is 11.0 Å². The number of benzene rings is 1. The lowest BCUT2D eigenvalue weighted by atomic mass is 10.1. The highest BCUT2D eigenvalue weighted by atomic mass is 16.5. The average molecular weight is 283 g/mol. The minimum atomic E-state index is -0.0393. The van der Waals surface area contributed by atoms with Crippen molar-refractivity contribution in [3.8, 4) is 6.07 Å². The molecular formula is C16H17N3O2. The predicted octanol–water partition coefficient (Wildman–Crippen LogP) is 2.67. The fourth-order valence-corrected chi connectivity index (χ4v) is 3.02. The summed E-state index contributed by atoms with van der Waals surface area (Å²) >= 11 is 0. The normalized spacial score (nSPS) is 15.2. The van der Waals surface area contributed by atoms with Crippen LogP contribution in [-0.2, 0) is 11.2 Å². The van der Waals surface area contributed by atoms with Crippen molar-refractivity contribution in [1.29, 1.82) is 5.26 Å². The number of fused-ring (bicyclic) bond motifs is 1. The lowest BCUT2D eigenvalue weighted by molar-refractivity contribution is -0.132. The molecule has 108 valence electrons. The highest BCUT2D eigenvalue weighted by Crippen LogP contribution is 2.25. The number of hydrogen-bond acceptors (Lipinski definition) is 4. The van der Waals surface area contributed by atoms with Crippen LogP contribution >= 0.6 is 0 Å². The van der Waals surface area contributed by atoms with Crippen LogP contribution in [-0.4, -0.2) is 28.6 Å². The number of nitriles is 1. The van der Waals surface area contributed by atoms with Gasteiger partial charge in [-0.05, 0) is 25.0 Å². The topological polar surface area (TPSA) is 70.1 Å². The Kier molecular flexibility index (Phi) is 3.87. The molecule has 0 bridgehead atoms. The zero-order chi connectivity index (χ0) is 14.7. The maximum atomic E-state index is 12.5. The second-order valence-corrected chi connectivity index (χ2v) is 5.42. The molecule has 1 aliphatic rings. The molecule has 1 fully saturated rings. The fourth-order valence-electron chi connectivity index (χ4n) is 3.02. The number of aromatic nitrogens is 1. The first kappa shape index (κ1) is 13.6. The number of rotatable bonds is 4. The van der Waals surface area contributed by atoms with E-state index in [0.717, 1.165) is 31.1 Å². The van der Waals surface area contributed by atoms with E-state index in [2.05, 4.69) is 11.2 Å². The Labute approximate surface area is 123 Å². The first-order valence-electron chi connectivity index (χ1n) is 7.29. The number of carbonyl (C=O) groups excluding carboxylic acids is 1. The molecule has 0 aliphatic heterocycles. The van der Waals surface area contributed by atoms with Gasteiger partial charge in [0.2, 0.25) is 5.91 Å². The SMILES string of the molecule is N#CCN(C(=O)Cc1noc2ccccc12)C1CCCC1. The van der Waals surface area contributed by atoms with Gasteiger partial charge < -0.3 is 9.42 Å².